The fourth-order valence-electron chi connectivity index (χ4n) is 1.68. The van der Waals surface area contributed by atoms with Crippen molar-refractivity contribution >= 4 is 10.8 Å². The van der Waals surface area contributed by atoms with Crippen molar-refractivity contribution in [3.63, 3.8) is 0 Å². The lowest BCUT2D eigenvalue weighted by Crippen LogP contribution is -2.24. The number of fused-ring (bicyclic) bond motifs is 1. The van der Waals surface area contributed by atoms with E-state index < -0.39 is 0 Å². The van der Waals surface area contributed by atoms with Crippen LogP contribution in [0, 0.1) is 0 Å². The molecule has 16 heavy (non-hydrogen) atoms. The highest BCUT2D eigenvalue weighted by Gasteiger charge is 1.99. The van der Waals surface area contributed by atoms with Crippen LogP contribution in [0.25, 0.3) is 10.8 Å². The van der Waals surface area contributed by atoms with Gasteiger partial charge in [0, 0.05) is 30.4 Å². The summed E-state index contributed by atoms with van der Waals surface area (Å²) in [6, 6.07) is 9.16. The Kier molecular flexibility index (Phi) is 3.52. The third-order valence-electron chi connectivity index (χ3n) is 2.97. The van der Waals surface area contributed by atoms with Crippen LogP contribution in [-0.2, 0) is 6.54 Å². The van der Waals surface area contributed by atoms with Crippen molar-refractivity contribution in [1.29, 1.82) is 0 Å². The lowest BCUT2D eigenvalue weighted by Gasteiger charge is -2.11. The zero-order valence-electron chi connectivity index (χ0n) is 9.90. The zero-order valence-corrected chi connectivity index (χ0v) is 9.90. The summed E-state index contributed by atoms with van der Waals surface area (Å²) in [7, 11) is 0. The molecule has 1 aromatic carbocycles. The van der Waals surface area contributed by atoms with Gasteiger partial charge in [0.15, 0.2) is 0 Å². The fraction of sp³-hybridized carbons (Fsp3) is 0.357. The van der Waals surface area contributed by atoms with Gasteiger partial charge >= 0.3 is 0 Å². The molecular weight excluding hydrogens is 196 g/mol. The van der Waals surface area contributed by atoms with E-state index in [2.05, 4.69) is 48.4 Å². The first-order valence-electron chi connectivity index (χ1n) is 5.85. The third kappa shape index (κ3) is 2.58. The summed E-state index contributed by atoms with van der Waals surface area (Å²) in [6.07, 6.45) is 4.91. The summed E-state index contributed by atoms with van der Waals surface area (Å²) in [5, 5.41) is 5.96. The van der Waals surface area contributed by atoms with E-state index in [4.69, 9.17) is 0 Å². The molecule has 1 unspecified atom stereocenters. The highest BCUT2D eigenvalue weighted by molar-refractivity contribution is 5.81. The van der Waals surface area contributed by atoms with Crippen molar-refractivity contribution in [3.8, 4) is 0 Å². The summed E-state index contributed by atoms with van der Waals surface area (Å²) in [6.45, 7) is 5.35. The molecule has 1 heterocycles. The van der Waals surface area contributed by atoms with Crippen molar-refractivity contribution in [2.24, 2.45) is 0 Å². The van der Waals surface area contributed by atoms with Crippen molar-refractivity contribution in [3.05, 3.63) is 42.2 Å². The second-order valence-corrected chi connectivity index (χ2v) is 4.25. The van der Waals surface area contributed by atoms with E-state index in [9.17, 15) is 0 Å². The maximum absolute atomic E-state index is 4.11. The van der Waals surface area contributed by atoms with E-state index in [-0.39, 0.29) is 0 Å². The largest absolute Gasteiger partial charge is 0.310 e. The Balaban J connectivity index is 2.13. The van der Waals surface area contributed by atoms with Gasteiger partial charge in [-0.15, -0.1) is 0 Å². The van der Waals surface area contributed by atoms with Crippen molar-refractivity contribution in [2.75, 3.05) is 0 Å². The van der Waals surface area contributed by atoms with Crippen LogP contribution in [0.15, 0.2) is 36.7 Å². The molecule has 84 valence electrons. The number of pyridine rings is 1. The first kappa shape index (κ1) is 11.1. The van der Waals surface area contributed by atoms with Gasteiger partial charge in [-0.25, -0.2) is 0 Å². The van der Waals surface area contributed by atoms with E-state index in [1.807, 2.05) is 12.4 Å². The lowest BCUT2D eigenvalue weighted by atomic mass is 10.1. The van der Waals surface area contributed by atoms with E-state index in [1.165, 1.54) is 16.3 Å². The second-order valence-electron chi connectivity index (χ2n) is 4.25. The topological polar surface area (TPSA) is 24.9 Å². The number of rotatable bonds is 4. The average Bonchev–Trinajstić information content (AvgIpc) is 2.35. The number of hydrogen-bond donors (Lipinski definition) is 1. The molecule has 0 amide bonds. The molecule has 0 bridgehead atoms. The molecule has 1 atom stereocenters. The van der Waals surface area contributed by atoms with Crippen LogP contribution in [0.4, 0.5) is 0 Å². The first-order chi connectivity index (χ1) is 7.79. The van der Waals surface area contributed by atoms with Gasteiger partial charge in [0.2, 0.25) is 0 Å². The van der Waals surface area contributed by atoms with Gasteiger partial charge in [-0.2, -0.15) is 0 Å². The van der Waals surface area contributed by atoms with Crippen LogP contribution in [-0.4, -0.2) is 11.0 Å². The Hall–Kier alpha value is -1.41. The van der Waals surface area contributed by atoms with Crippen LogP contribution in [0.3, 0.4) is 0 Å². The van der Waals surface area contributed by atoms with E-state index in [0.717, 1.165) is 13.0 Å². The fourth-order valence-corrected chi connectivity index (χ4v) is 1.68. The molecule has 0 fully saturated rings. The molecule has 1 aromatic heterocycles. The van der Waals surface area contributed by atoms with Gasteiger partial charge in [0.25, 0.3) is 0 Å². The monoisotopic (exact) mass is 214 g/mol. The predicted molar refractivity (Wildman–Crippen MR) is 68.3 cm³/mol. The van der Waals surface area contributed by atoms with Crippen LogP contribution in [0.2, 0.25) is 0 Å². The van der Waals surface area contributed by atoms with Crippen molar-refractivity contribution < 1.29 is 0 Å². The first-order valence-corrected chi connectivity index (χ1v) is 5.85. The lowest BCUT2D eigenvalue weighted by molar-refractivity contribution is 0.534. The summed E-state index contributed by atoms with van der Waals surface area (Å²) in [5.74, 6) is 0. The molecule has 0 spiro atoms. The molecule has 0 radical (unpaired) electrons. The average molecular weight is 214 g/mol. The molecule has 1 N–H and O–H groups in total. The van der Waals surface area contributed by atoms with Gasteiger partial charge in [0.1, 0.15) is 0 Å². The molecular formula is C14H18N2. The van der Waals surface area contributed by atoms with E-state index >= 15 is 0 Å². The van der Waals surface area contributed by atoms with E-state index in [0.29, 0.717) is 6.04 Å². The SMILES string of the molecule is CCC(C)NCc1ccc2cnccc2c1. The van der Waals surface area contributed by atoms with Crippen LogP contribution in [0.1, 0.15) is 25.8 Å². The maximum atomic E-state index is 4.11. The Morgan fingerprint density at radius 1 is 1.25 bits per heavy atom. The summed E-state index contributed by atoms with van der Waals surface area (Å²) >= 11 is 0. The second kappa shape index (κ2) is 5.08. The van der Waals surface area contributed by atoms with Crippen LogP contribution >= 0.6 is 0 Å². The maximum Gasteiger partial charge on any atom is 0.0346 e. The minimum Gasteiger partial charge on any atom is -0.310 e. The molecule has 2 heteroatoms. The molecule has 0 aliphatic heterocycles. The highest BCUT2D eigenvalue weighted by Crippen LogP contribution is 2.14. The molecule has 0 saturated heterocycles. The molecule has 0 saturated carbocycles. The number of aromatic nitrogens is 1. The minimum absolute atomic E-state index is 0.577. The van der Waals surface area contributed by atoms with Crippen molar-refractivity contribution in [1.82, 2.24) is 10.3 Å². The van der Waals surface area contributed by atoms with Gasteiger partial charge in [-0.05, 0) is 36.4 Å². The summed E-state index contributed by atoms with van der Waals surface area (Å²) in [5.41, 5.74) is 1.33. The number of nitrogens with zero attached hydrogens (tertiary/aromatic N) is 1. The van der Waals surface area contributed by atoms with Crippen LogP contribution in [0.5, 0.6) is 0 Å². The quantitative estimate of drug-likeness (QED) is 0.845. The molecule has 0 aliphatic rings. The van der Waals surface area contributed by atoms with E-state index in [1.54, 1.807) is 0 Å². The molecule has 2 aromatic rings. The zero-order chi connectivity index (χ0) is 11.4. The Labute approximate surface area is 96.7 Å². The normalized spacial score (nSPS) is 12.9. The van der Waals surface area contributed by atoms with Gasteiger partial charge in [-0.3, -0.25) is 4.98 Å². The van der Waals surface area contributed by atoms with Crippen LogP contribution < -0.4 is 5.32 Å². The Bertz CT molecular complexity index is 465. The number of hydrogen-bond acceptors (Lipinski definition) is 2. The number of nitrogens with one attached hydrogen (secondary N) is 1. The molecule has 2 rings (SSSR count). The predicted octanol–water partition coefficient (Wildman–Crippen LogP) is 3.12. The smallest absolute Gasteiger partial charge is 0.0346 e. The van der Waals surface area contributed by atoms with Gasteiger partial charge in [0.05, 0.1) is 0 Å². The Morgan fingerprint density at radius 3 is 2.94 bits per heavy atom. The summed E-state index contributed by atoms with van der Waals surface area (Å²) < 4.78 is 0. The van der Waals surface area contributed by atoms with Gasteiger partial charge in [-0.1, -0.05) is 19.1 Å². The highest BCUT2D eigenvalue weighted by atomic mass is 14.9. The van der Waals surface area contributed by atoms with Crippen molar-refractivity contribution in [2.45, 2.75) is 32.9 Å². The summed E-state index contributed by atoms with van der Waals surface area (Å²) in [4.78, 5) is 4.11. The van der Waals surface area contributed by atoms with Gasteiger partial charge < -0.3 is 5.32 Å². The number of benzene rings is 1. The molecule has 0 aliphatic carbocycles. The minimum atomic E-state index is 0.577. The molecule has 2 nitrogen and oxygen atoms in total. The standard InChI is InChI=1S/C14H18N2/c1-3-11(2)16-9-12-4-5-14-10-15-7-6-13(14)8-12/h4-8,10-11,16H,3,9H2,1-2H3. The Morgan fingerprint density at radius 2 is 2.12 bits per heavy atom. The third-order valence-corrected chi connectivity index (χ3v) is 2.97.